The highest BCUT2D eigenvalue weighted by molar-refractivity contribution is 6.31. The monoisotopic (exact) mass is 202 g/mol. The molecular weight excluding hydrogens is 195 g/mol. The zero-order valence-electron chi connectivity index (χ0n) is 6.92. The molecule has 0 aliphatic carbocycles. The van der Waals surface area contributed by atoms with E-state index in [-0.39, 0.29) is 5.02 Å². The predicted molar refractivity (Wildman–Crippen MR) is 47.5 cm³/mol. The van der Waals surface area contributed by atoms with Crippen molar-refractivity contribution in [3.63, 3.8) is 0 Å². The maximum Gasteiger partial charge on any atom is 0.310 e. The topological polar surface area (TPSA) is 37.3 Å². The molecule has 0 aromatic heterocycles. The minimum absolute atomic E-state index is 0.274. The Hall–Kier alpha value is -1.09. The Balaban J connectivity index is 3.12. The van der Waals surface area contributed by atoms with Crippen molar-refractivity contribution < 1.29 is 14.3 Å². The van der Waals surface area contributed by atoms with E-state index < -0.39 is 17.7 Å². The van der Waals surface area contributed by atoms with Gasteiger partial charge in [-0.05, 0) is 30.7 Å². The number of carbonyl (C=O) groups is 1. The lowest BCUT2D eigenvalue weighted by atomic mass is 10.0. The van der Waals surface area contributed by atoms with Gasteiger partial charge in [0.15, 0.2) is 0 Å². The molecule has 70 valence electrons. The normalized spacial score (nSPS) is 12.5. The van der Waals surface area contributed by atoms with E-state index in [4.69, 9.17) is 16.7 Å². The fraction of sp³-hybridized carbons (Fsp3) is 0.222. The molecule has 1 N–H and O–H groups in total. The van der Waals surface area contributed by atoms with Crippen molar-refractivity contribution in [3.05, 3.63) is 34.6 Å². The highest BCUT2D eigenvalue weighted by Gasteiger charge is 2.17. The Bertz CT molecular complexity index is 338. The molecule has 13 heavy (non-hydrogen) atoms. The van der Waals surface area contributed by atoms with E-state index in [9.17, 15) is 9.18 Å². The Labute approximate surface area is 80.0 Å². The van der Waals surface area contributed by atoms with Crippen LogP contribution < -0.4 is 0 Å². The molecule has 0 aliphatic rings. The van der Waals surface area contributed by atoms with E-state index in [1.165, 1.54) is 19.1 Å². The molecule has 0 bridgehead atoms. The number of benzene rings is 1. The third-order valence-electron chi connectivity index (χ3n) is 1.79. The summed E-state index contributed by atoms with van der Waals surface area (Å²) in [6.45, 7) is 1.46. The number of hydrogen-bond acceptors (Lipinski definition) is 1. The standard InChI is InChI=1S/C9H8ClFO2/c1-5(9(12)13)7-4-6(11)2-3-8(7)10/h2-5H,1H3,(H,12,13). The first kappa shape index (κ1) is 9.99. The summed E-state index contributed by atoms with van der Waals surface area (Å²) >= 11 is 5.71. The molecule has 4 heteroatoms. The second kappa shape index (κ2) is 3.75. The Morgan fingerprint density at radius 2 is 2.23 bits per heavy atom. The summed E-state index contributed by atoms with van der Waals surface area (Å²) in [6, 6.07) is 3.69. The van der Waals surface area contributed by atoms with Crippen LogP contribution in [0.5, 0.6) is 0 Å². The van der Waals surface area contributed by atoms with Gasteiger partial charge < -0.3 is 5.11 Å². The van der Waals surface area contributed by atoms with Crippen LogP contribution in [0, 0.1) is 5.82 Å². The van der Waals surface area contributed by atoms with E-state index in [0.717, 1.165) is 6.07 Å². The molecular formula is C9H8ClFO2. The number of halogens is 2. The fourth-order valence-electron chi connectivity index (χ4n) is 0.979. The van der Waals surface area contributed by atoms with Gasteiger partial charge in [0.25, 0.3) is 0 Å². The van der Waals surface area contributed by atoms with Gasteiger partial charge in [0.05, 0.1) is 5.92 Å². The molecule has 0 amide bonds. The van der Waals surface area contributed by atoms with Crippen molar-refractivity contribution >= 4 is 17.6 Å². The minimum atomic E-state index is -1.02. The summed E-state index contributed by atoms with van der Waals surface area (Å²) in [6.07, 6.45) is 0. The van der Waals surface area contributed by atoms with Gasteiger partial charge in [-0.1, -0.05) is 11.6 Å². The maximum absolute atomic E-state index is 12.7. The molecule has 1 aromatic rings. The zero-order chi connectivity index (χ0) is 10.0. The highest BCUT2D eigenvalue weighted by atomic mass is 35.5. The Morgan fingerprint density at radius 3 is 2.77 bits per heavy atom. The van der Waals surface area contributed by atoms with Crippen LogP contribution in [0.1, 0.15) is 18.4 Å². The van der Waals surface area contributed by atoms with Crippen molar-refractivity contribution in [3.8, 4) is 0 Å². The van der Waals surface area contributed by atoms with Crippen molar-refractivity contribution in [2.75, 3.05) is 0 Å². The van der Waals surface area contributed by atoms with Crippen molar-refractivity contribution in [2.45, 2.75) is 12.8 Å². The highest BCUT2D eigenvalue weighted by Crippen LogP contribution is 2.25. The first-order valence-corrected chi connectivity index (χ1v) is 4.08. The molecule has 0 spiro atoms. The Kier molecular flexibility index (Phi) is 2.88. The van der Waals surface area contributed by atoms with Crippen molar-refractivity contribution in [1.82, 2.24) is 0 Å². The summed E-state index contributed by atoms with van der Waals surface area (Å²) in [5.74, 6) is -2.29. The second-order valence-electron chi connectivity index (χ2n) is 2.73. The molecule has 2 nitrogen and oxygen atoms in total. The quantitative estimate of drug-likeness (QED) is 0.801. The van der Waals surface area contributed by atoms with Crippen LogP contribution in [0.3, 0.4) is 0 Å². The van der Waals surface area contributed by atoms with Gasteiger partial charge >= 0.3 is 5.97 Å². The largest absolute Gasteiger partial charge is 0.481 e. The number of aliphatic carboxylic acids is 1. The summed E-state index contributed by atoms with van der Waals surface area (Å²) < 4.78 is 12.7. The third-order valence-corrected chi connectivity index (χ3v) is 2.14. The molecule has 0 saturated carbocycles. The van der Waals surface area contributed by atoms with Crippen LogP contribution in [-0.2, 0) is 4.79 Å². The number of rotatable bonds is 2. The molecule has 0 saturated heterocycles. The van der Waals surface area contributed by atoms with Crippen LogP contribution in [-0.4, -0.2) is 11.1 Å². The fourth-order valence-corrected chi connectivity index (χ4v) is 1.26. The van der Waals surface area contributed by atoms with E-state index in [1.807, 2.05) is 0 Å². The van der Waals surface area contributed by atoms with Gasteiger partial charge in [-0.3, -0.25) is 4.79 Å². The van der Waals surface area contributed by atoms with E-state index in [0.29, 0.717) is 5.56 Å². The summed E-state index contributed by atoms with van der Waals surface area (Å²) in [7, 11) is 0. The van der Waals surface area contributed by atoms with Crippen LogP contribution in [0.15, 0.2) is 18.2 Å². The molecule has 1 rings (SSSR count). The minimum Gasteiger partial charge on any atom is -0.481 e. The Morgan fingerprint density at radius 1 is 1.62 bits per heavy atom. The molecule has 0 radical (unpaired) electrons. The van der Waals surface area contributed by atoms with E-state index >= 15 is 0 Å². The molecule has 0 fully saturated rings. The number of hydrogen-bond donors (Lipinski definition) is 1. The molecule has 1 unspecified atom stereocenters. The lowest BCUT2D eigenvalue weighted by Crippen LogP contribution is -2.08. The molecule has 0 heterocycles. The van der Waals surface area contributed by atoms with Gasteiger partial charge in [-0.25, -0.2) is 4.39 Å². The molecule has 0 aliphatic heterocycles. The summed E-state index contributed by atoms with van der Waals surface area (Å²) in [5, 5.41) is 8.94. The van der Waals surface area contributed by atoms with Crippen LogP contribution in [0.25, 0.3) is 0 Å². The second-order valence-corrected chi connectivity index (χ2v) is 3.13. The lowest BCUT2D eigenvalue weighted by molar-refractivity contribution is -0.138. The first-order chi connectivity index (χ1) is 6.02. The third kappa shape index (κ3) is 2.18. The summed E-state index contributed by atoms with van der Waals surface area (Å²) in [5.41, 5.74) is 0.300. The van der Waals surface area contributed by atoms with E-state index in [2.05, 4.69) is 0 Å². The van der Waals surface area contributed by atoms with Crippen molar-refractivity contribution in [2.24, 2.45) is 0 Å². The average molecular weight is 203 g/mol. The summed E-state index contributed by atoms with van der Waals surface area (Å²) in [4.78, 5) is 10.6. The van der Waals surface area contributed by atoms with Crippen LogP contribution >= 0.6 is 11.6 Å². The van der Waals surface area contributed by atoms with E-state index in [1.54, 1.807) is 0 Å². The lowest BCUT2D eigenvalue weighted by Gasteiger charge is -2.08. The van der Waals surface area contributed by atoms with Gasteiger partial charge in [0.2, 0.25) is 0 Å². The average Bonchev–Trinajstić information content (AvgIpc) is 2.08. The molecule has 1 atom stereocenters. The van der Waals surface area contributed by atoms with Gasteiger partial charge in [-0.2, -0.15) is 0 Å². The van der Waals surface area contributed by atoms with Crippen molar-refractivity contribution in [1.29, 1.82) is 0 Å². The number of carboxylic acids is 1. The predicted octanol–water partition coefficient (Wildman–Crippen LogP) is 2.67. The zero-order valence-corrected chi connectivity index (χ0v) is 7.68. The van der Waals surface area contributed by atoms with Gasteiger partial charge in [0.1, 0.15) is 5.82 Å². The van der Waals surface area contributed by atoms with Crippen LogP contribution in [0.2, 0.25) is 5.02 Å². The van der Waals surface area contributed by atoms with Crippen LogP contribution in [0.4, 0.5) is 4.39 Å². The van der Waals surface area contributed by atoms with Gasteiger partial charge in [0, 0.05) is 5.02 Å². The van der Waals surface area contributed by atoms with Gasteiger partial charge in [-0.15, -0.1) is 0 Å². The number of carboxylic acid groups (broad SMARTS) is 1. The molecule has 1 aromatic carbocycles. The smallest absolute Gasteiger partial charge is 0.310 e. The first-order valence-electron chi connectivity index (χ1n) is 3.70. The SMILES string of the molecule is CC(C(=O)O)c1cc(F)ccc1Cl. The maximum atomic E-state index is 12.7.